The minimum absolute atomic E-state index is 0.109. The van der Waals surface area contributed by atoms with Crippen LogP contribution < -0.4 is 0 Å². The van der Waals surface area contributed by atoms with Gasteiger partial charge in [-0.05, 0) is 24.6 Å². The number of benzene rings is 1. The molecule has 0 bridgehead atoms. The quantitative estimate of drug-likeness (QED) is 0.575. The third-order valence-electron chi connectivity index (χ3n) is 2.24. The van der Waals surface area contributed by atoms with Gasteiger partial charge in [0, 0.05) is 10.9 Å². The zero-order chi connectivity index (χ0) is 11.3. The first kappa shape index (κ1) is 12.4. The molecule has 0 saturated heterocycles. The van der Waals surface area contributed by atoms with Crippen molar-refractivity contribution in [3.05, 3.63) is 34.1 Å². The van der Waals surface area contributed by atoms with Crippen molar-refractivity contribution in [2.24, 2.45) is 0 Å². The maximum Gasteiger partial charge on any atom is 0.165 e. The molecule has 0 heterocycles. The summed E-state index contributed by atoms with van der Waals surface area (Å²) >= 11 is 3.23. The van der Waals surface area contributed by atoms with E-state index in [9.17, 15) is 9.18 Å². The Labute approximate surface area is 97.8 Å². The summed E-state index contributed by atoms with van der Waals surface area (Å²) < 4.78 is 14.0. The maximum absolute atomic E-state index is 13.3. The summed E-state index contributed by atoms with van der Waals surface area (Å²) in [5.41, 5.74) is 0.195. The molecule has 0 aliphatic carbocycles. The SMILES string of the molecule is CCCCCC(=O)c1cc(Br)ccc1F. The monoisotopic (exact) mass is 272 g/mol. The van der Waals surface area contributed by atoms with Gasteiger partial charge in [0.1, 0.15) is 5.82 Å². The maximum atomic E-state index is 13.3. The van der Waals surface area contributed by atoms with Crippen LogP contribution in [-0.4, -0.2) is 5.78 Å². The first-order chi connectivity index (χ1) is 7.15. The van der Waals surface area contributed by atoms with Gasteiger partial charge in [0.2, 0.25) is 0 Å². The minimum Gasteiger partial charge on any atom is -0.294 e. The summed E-state index contributed by atoms with van der Waals surface area (Å²) in [6.07, 6.45) is 3.35. The number of ketones is 1. The molecule has 82 valence electrons. The highest BCUT2D eigenvalue weighted by Crippen LogP contribution is 2.18. The highest BCUT2D eigenvalue weighted by molar-refractivity contribution is 9.10. The van der Waals surface area contributed by atoms with E-state index in [4.69, 9.17) is 0 Å². The molecule has 0 atom stereocenters. The Morgan fingerprint density at radius 2 is 2.13 bits per heavy atom. The number of carbonyl (C=O) groups is 1. The lowest BCUT2D eigenvalue weighted by molar-refractivity contribution is 0.0975. The van der Waals surface area contributed by atoms with Gasteiger partial charge in [0.15, 0.2) is 5.78 Å². The smallest absolute Gasteiger partial charge is 0.165 e. The second-order valence-electron chi connectivity index (χ2n) is 3.50. The van der Waals surface area contributed by atoms with E-state index in [0.29, 0.717) is 6.42 Å². The van der Waals surface area contributed by atoms with E-state index in [1.54, 1.807) is 12.1 Å². The number of halogens is 2. The first-order valence-electron chi connectivity index (χ1n) is 5.13. The third-order valence-corrected chi connectivity index (χ3v) is 2.73. The van der Waals surface area contributed by atoms with Gasteiger partial charge in [-0.1, -0.05) is 35.7 Å². The Kier molecular flexibility index (Phi) is 4.95. The summed E-state index contributed by atoms with van der Waals surface area (Å²) in [6, 6.07) is 4.46. The zero-order valence-corrected chi connectivity index (χ0v) is 10.3. The van der Waals surface area contributed by atoms with E-state index in [0.717, 1.165) is 23.7 Å². The van der Waals surface area contributed by atoms with Crippen molar-refractivity contribution < 1.29 is 9.18 Å². The predicted octanol–water partition coefficient (Wildman–Crippen LogP) is 4.35. The second kappa shape index (κ2) is 6.01. The summed E-state index contributed by atoms with van der Waals surface area (Å²) in [7, 11) is 0. The summed E-state index contributed by atoms with van der Waals surface area (Å²) in [5.74, 6) is -0.540. The van der Waals surface area contributed by atoms with E-state index in [-0.39, 0.29) is 11.3 Å². The van der Waals surface area contributed by atoms with Crippen LogP contribution in [0.2, 0.25) is 0 Å². The molecule has 1 aromatic carbocycles. The predicted molar refractivity (Wildman–Crippen MR) is 62.6 cm³/mol. The molecule has 1 nitrogen and oxygen atoms in total. The van der Waals surface area contributed by atoms with Crippen LogP contribution in [0.5, 0.6) is 0 Å². The Balaban J connectivity index is 2.68. The molecule has 15 heavy (non-hydrogen) atoms. The van der Waals surface area contributed by atoms with Gasteiger partial charge < -0.3 is 0 Å². The molecule has 0 unspecified atom stereocenters. The average Bonchev–Trinajstić information content (AvgIpc) is 2.22. The van der Waals surface area contributed by atoms with Crippen LogP contribution in [-0.2, 0) is 0 Å². The topological polar surface area (TPSA) is 17.1 Å². The highest BCUT2D eigenvalue weighted by atomic mass is 79.9. The van der Waals surface area contributed by atoms with Crippen LogP contribution in [0.25, 0.3) is 0 Å². The fourth-order valence-electron chi connectivity index (χ4n) is 1.38. The normalized spacial score (nSPS) is 10.3. The van der Waals surface area contributed by atoms with Crippen LogP contribution in [0.4, 0.5) is 4.39 Å². The molecular formula is C12H14BrFO. The average molecular weight is 273 g/mol. The van der Waals surface area contributed by atoms with Crippen molar-refractivity contribution in [3.8, 4) is 0 Å². The second-order valence-corrected chi connectivity index (χ2v) is 4.42. The Morgan fingerprint density at radius 3 is 2.80 bits per heavy atom. The van der Waals surface area contributed by atoms with Gasteiger partial charge in [-0.2, -0.15) is 0 Å². The van der Waals surface area contributed by atoms with Crippen LogP contribution in [0.15, 0.2) is 22.7 Å². The van der Waals surface area contributed by atoms with Gasteiger partial charge in [0.05, 0.1) is 5.56 Å². The van der Waals surface area contributed by atoms with Crippen molar-refractivity contribution >= 4 is 21.7 Å². The third kappa shape index (κ3) is 3.74. The van der Waals surface area contributed by atoms with Crippen molar-refractivity contribution in [2.45, 2.75) is 32.6 Å². The van der Waals surface area contributed by atoms with Crippen molar-refractivity contribution in [1.82, 2.24) is 0 Å². The number of Topliss-reactive ketones (excluding diaryl/α,β-unsaturated/α-hetero) is 1. The van der Waals surface area contributed by atoms with Gasteiger partial charge in [-0.3, -0.25) is 4.79 Å². The van der Waals surface area contributed by atoms with Crippen molar-refractivity contribution in [1.29, 1.82) is 0 Å². The van der Waals surface area contributed by atoms with Crippen molar-refractivity contribution in [2.75, 3.05) is 0 Å². The molecule has 0 spiro atoms. The fraction of sp³-hybridized carbons (Fsp3) is 0.417. The number of hydrogen-bond acceptors (Lipinski definition) is 1. The van der Waals surface area contributed by atoms with E-state index in [2.05, 4.69) is 22.9 Å². The van der Waals surface area contributed by atoms with Crippen LogP contribution >= 0.6 is 15.9 Å². The van der Waals surface area contributed by atoms with E-state index >= 15 is 0 Å². The van der Waals surface area contributed by atoms with Gasteiger partial charge in [-0.25, -0.2) is 4.39 Å². The Hall–Kier alpha value is -0.700. The van der Waals surface area contributed by atoms with E-state index in [1.807, 2.05) is 0 Å². The summed E-state index contributed by atoms with van der Waals surface area (Å²) in [6.45, 7) is 2.07. The molecular weight excluding hydrogens is 259 g/mol. The number of unbranched alkanes of at least 4 members (excludes halogenated alkanes) is 2. The fourth-order valence-corrected chi connectivity index (χ4v) is 1.74. The standard InChI is InChI=1S/C12H14BrFO/c1-2-3-4-5-12(15)10-8-9(13)6-7-11(10)14/h6-8H,2-5H2,1H3. The molecule has 0 aliphatic heterocycles. The first-order valence-corrected chi connectivity index (χ1v) is 5.92. The molecule has 0 N–H and O–H groups in total. The lowest BCUT2D eigenvalue weighted by Crippen LogP contribution is -2.02. The molecule has 3 heteroatoms. The minimum atomic E-state index is -0.431. The van der Waals surface area contributed by atoms with Gasteiger partial charge in [0.25, 0.3) is 0 Å². The van der Waals surface area contributed by atoms with E-state index in [1.165, 1.54) is 6.07 Å². The molecule has 1 rings (SSSR count). The van der Waals surface area contributed by atoms with Crippen molar-refractivity contribution in [3.63, 3.8) is 0 Å². The zero-order valence-electron chi connectivity index (χ0n) is 8.72. The van der Waals surface area contributed by atoms with Gasteiger partial charge in [-0.15, -0.1) is 0 Å². The molecule has 0 saturated carbocycles. The highest BCUT2D eigenvalue weighted by Gasteiger charge is 2.11. The van der Waals surface area contributed by atoms with Crippen LogP contribution in [0, 0.1) is 5.82 Å². The molecule has 0 amide bonds. The number of carbonyl (C=O) groups excluding carboxylic acids is 1. The number of rotatable bonds is 5. The lowest BCUT2D eigenvalue weighted by Gasteiger charge is -2.02. The molecule has 0 aliphatic rings. The van der Waals surface area contributed by atoms with Gasteiger partial charge >= 0.3 is 0 Å². The lowest BCUT2D eigenvalue weighted by atomic mass is 10.0. The van der Waals surface area contributed by atoms with Crippen LogP contribution in [0.1, 0.15) is 43.0 Å². The summed E-state index contributed by atoms with van der Waals surface area (Å²) in [4.78, 5) is 11.6. The number of hydrogen-bond donors (Lipinski definition) is 0. The Bertz CT molecular complexity index is 349. The molecule has 0 radical (unpaired) electrons. The molecule has 0 aromatic heterocycles. The Morgan fingerprint density at radius 1 is 1.40 bits per heavy atom. The largest absolute Gasteiger partial charge is 0.294 e. The van der Waals surface area contributed by atoms with E-state index < -0.39 is 5.82 Å². The van der Waals surface area contributed by atoms with Crippen LogP contribution in [0.3, 0.4) is 0 Å². The molecule has 0 fully saturated rings. The summed E-state index contributed by atoms with van der Waals surface area (Å²) in [5, 5.41) is 0. The molecule has 1 aromatic rings.